The zero-order valence-corrected chi connectivity index (χ0v) is 12.3. The lowest BCUT2D eigenvalue weighted by molar-refractivity contribution is -0.397. The molecule has 0 heterocycles. The van der Waals surface area contributed by atoms with E-state index in [-0.39, 0.29) is 6.61 Å². The summed E-state index contributed by atoms with van der Waals surface area (Å²) in [5.41, 5.74) is 0. The summed E-state index contributed by atoms with van der Waals surface area (Å²) in [5.74, 6) is -19.1. The Hall–Kier alpha value is -0.710. The normalized spacial score (nSPS) is 15.8. The first-order valence-corrected chi connectivity index (χ1v) is 6.64. The van der Waals surface area contributed by atoms with Gasteiger partial charge in [0.1, 0.15) is 0 Å². The third-order valence-corrected chi connectivity index (χ3v) is 2.83. The number of rotatable bonds is 10. The van der Waals surface area contributed by atoms with Crippen molar-refractivity contribution in [2.45, 2.75) is 63.3 Å². The number of hydrogen-bond donors (Lipinski definition) is 0. The van der Waals surface area contributed by atoms with Crippen LogP contribution in [0.5, 0.6) is 0 Å². The number of hydrogen-bond acceptors (Lipinski definition) is 2. The first-order chi connectivity index (χ1) is 10.2. The maximum absolute atomic E-state index is 13.1. The molecule has 0 fully saturated rings. The van der Waals surface area contributed by atoms with E-state index >= 15 is 0 Å². The molecule has 140 valence electrons. The van der Waals surface area contributed by atoms with Gasteiger partial charge < -0.3 is 9.47 Å². The van der Waals surface area contributed by atoms with E-state index in [1.165, 1.54) is 6.92 Å². The second kappa shape index (κ2) is 7.91. The van der Waals surface area contributed by atoms with Crippen LogP contribution < -0.4 is 0 Å². The van der Waals surface area contributed by atoms with Gasteiger partial charge in [-0.2, -0.15) is 39.5 Å². The Bertz CT molecular complexity index is 355. The van der Waals surface area contributed by atoms with Gasteiger partial charge in [-0.3, -0.25) is 0 Å². The average Bonchev–Trinajstić information content (AvgIpc) is 2.37. The van der Waals surface area contributed by atoms with Crippen LogP contribution in [-0.4, -0.2) is 43.4 Å². The minimum absolute atomic E-state index is 0.191. The van der Waals surface area contributed by atoms with Gasteiger partial charge in [-0.05, 0) is 13.3 Å². The smallest absolute Gasteiger partial charge is 0.353 e. The van der Waals surface area contributed by atoms with Gasteiger partial charge in [0.15, 0.2) is 6.29 Å². The third kappa shape index (κ3) is 5.40. The zero-order valence-electron chi connectivity index (χ0n) is 12.3. The molecule has 0 N–H and O–H groups in total. The largest absolute Gasteiger partial charge is 0.460 e. The van der Waals surface area contributed by atoms with E-state index in [0.717, 1.165) is 6.42 Å². The maximum Gasteiger partial charge on any atom is 0.460 e. The van der Waals surface area contributed by atoms with Crippen molar-refractivity contribution in [2.24, 2.45) is 0 Å². The molecule has 0 rings (SSSR count). The molecule has 0 saturated heterocycles. The van der Waals surface area contributed by atoms with Crippen LogP contribution in [0.4, 0.5) is 39.5 Å². The van der Waals surface area contributed by atoms with Crippen molar-refractivity contribution in [2.75, 3.05) is 13.2 Å². The Morgan fingerprint density at radius 1 is 0.783 bits per heavy atom. The molecule has 0 bridgehead atoms. The fourth-order valence-corrected chi connectivity index (χ4v) is 1.36. The molecule has 0 aliphatic rings. The summed E-state index contributed by atoms with van der Waals surface area (Å²) in [5, 5.41) is 0. The van der Waals surface area contributed by atoms with Crippen LogP contribution in [0.25, 0.3) is 0 Å². The van der Waals surface area contributed by atoms with Crippen LogP contribution >= 0.6 is 0 Å². The van der Waals surface area contributed by atoms with Crippen LogP contribution in [0.2, 0.25) is 0 Å². The number of alkyl halides is 9. The van der Waals surface area contributed by atoms with Crippen molar-refractivity contribution >= 4 is 0 Å². The van der Waals surface area contributed by atoms with E-state index in [9.17, 15) is 39.5 Å². The Labute approximate surface area is 126 Å². The van der Waals surface area contributed by atoms with Crippen molar-refractivity contribution in [1.29, 1.82) is 0 Å². The van der Waals surface area contributed by atoms with Crippen molar-refractivity contribution in [3.63, 3.8) is 0 Å². The van der Waals surface area contributed by atoms with Gasteiger partial charge in [-0.1, -0.05) is 13.3 Å². The van der Waals surface area contributed by atoms with Crippen LogP contribution in [-0.2, 0) is 9.47 Å². The molecule has 0 aliphatic carbocycles. The highest BCUT2D eigenvalue weighted by Crippen LogP contribution is 2.53. The fraction of sp³-hybridized carbons (Fsp3) is 1.00. The van der Waals surface area contributed by atoms with Gasteiger partial charge in [0.05, 0.1) is 6.61 Å². The zero-order chi connectivity index (χ0) is 18.5. The topological polar surface area (TPSA) is 18.5 Å². The molecule has 0 amide bonds. The minimum Gasteiger partial charge on any atom is -0.353 e. The molecule has 0 aromatic heterocycles. The standard InChI is InChI=1S/C12H17F9O2/c1-3-4-6-22-8(2)23-7-5-9(13,14)10(15,16)11(17,18)12(19,20)21/h8H,3-7H2,1-2H3. The highest BCUT2D eigenvalue weighted by atomic mass is 19.4. The van der Waals surface area contributed by atoms with E-state index < -0.39 is 43.3 Å². The summed E-state index contributed by atoms with van der Waals surface area (Å²) in [6.07, 6.45) is -8.55. The predicted octanol–water partition coefficient (Wildman–Crippen LogP) is 5.02. The molecular formula is C12H17F9O2. The molecule has 0 saturated carbocycles. The lowest BCUT2D eigenvalue weighted by Crippen LogP contribution is -2.61. The minimum atomic E-state index is -6.87. The molecular weight excluding hydrogens is 347 g/mol. The number of ether oxygens (including phenoxy) is 2. The van der Waals surface area contributed by atoms with Crippen LogP contribution in [0, 0.1) is 0 Å². The SMILES string of the molecule is CCCCOC(C)OCCC(F)(F)C(F)(F)C(F)(F)C(F)(F)F. The van der Waals surface area contributed by atoms with Gasteiger partial charge in [0.2, 0.25) is 0 Å². The van der Waals surface area contributed by atoms with E-state index in [1.54, 1.807) is 0 Å². The highest BCUT2D eigenvalue weighted by Gasteiger charge is 2.81. The Morgan fingerprint density at radius 2 is 1.26 bits per heavy atom. The quantitative estimate of drug-likeness (QED) is 0.308. The van der Waals surface area contributed by atoms with E-state index in [1.807, 2.05) is 6.92 Å². The van der Waals surface area contributed by atoms with Crippen LogP contribution in [0.15, 0.2) is 0 Å². The third-order valence-electron chi connectivity index (χ3n) is 2.83. The summed E-state index contributed by atoms with van der Waals surface area (Å²) in [4.78, 5) is 0. The van der Waals surface area contributed by atoms with Gasteiger partial charge in [0.25, 0.3) is 0 Å². The lowest BCUT2D eigenvalue weighted by atomic mass is 10.0. The molecule has 1 atom stereocenters. The maximum atomic E-state index is 13.1. The highest BCUT2D eigenvalue weighted by molar-refractivity contribution is 5.00. The monoisotopic (exact) mass is 364 g/mol. The molecule has 0 aliphatic heterocycles. The molecule has 1 unspecified atom stereocenters. The molecule has 0 aromatic rings. The predicted molar refractivity (Wildman–Crippen MR) is 61.8 cm³/mol. The molecule has 2 nitrogen and oxygen atoms in total. The summed E-state index contributed by atoms with van der Waals surface area (Å²) >= 11 is 0. The Balaban J connectivity index is 4.68. The second-order valence-electron chi connectivity index (χ2n) is 4.76. The first kappa shape index (κ1) is 22.3. The van der Waals surface area contributed by atoms with Gasteiger partial charge in [0, 0.05) is 13.0 Å². The summed E-state index contributed by atoms with van der Waals surface area (Å²) in [6.45, 7) is 2.09. The molecule has 11 heteroatoms. The Kier molecular flexibility index (Phi) is 7.66. The van der Waals surface area contributed by atoms with Crippen molar-refractivity contribution < 1.29 is 49.0 Å². The summed E-state index contributed by atoms with van der Waals surface area (Å²) in [6, 6.07) is 0. The molecule has 0 radical (unpaired) electrons. The lowest BCUT2D eigenvalue weighted by Gasteiger charge is -2.33. The molecule has 0 aromatic carbocycles. The molecule has 23 heavy (non-hydrogen) atoms. The second-order valence-corrected chi connectivity index (χ2v) is 4.76. The Morgan fingerprint density at radius 3 is 1.70 bits per heavy atom. The van der Waals surface area contributed by atoms with E-state index in [4.69, 9.17) is 4.74 Å². The van der Waals surface area contributed by atoms with Crippen LogP contribution in [0.1, 0.15) is 33.1 Å². The van der Waals surface area contributed by atoms with Crippen molar-refractivity contribution in [1.82, 2.24) is 0 Å². The van der Waals surface area contributed by atoms with Gasteiger partial charge >= 0.3 is 23.9 Å². The molecule has 0 spiro atoms. The average molecular weight is 364 g/mol. The number of unbranched alkanes of at least 4 members (excludes halogenated alkanes) is 1. The number of halogens is 9. The van der Waals surface area contributed by atoms with Crippen molar-refractivity contribution in [3.8, 4) is 0 Å². The van der Waals surface area contributed by atoms with Crippen molar-refractivity contribution in [3.05, 3.63) is 0 Å². The fourth-order valence-electron chi connectivity index (χ4n) is 1.36. The summed E-state index contributed by atoms with van der Waals surface area (Å²) < 4.78 is 122. The van der Waals surface area contributed by atoms with Gasteiger partial charge in [-0.15, -0.1) is 0 Å². The summed E-state index contributed by atoms with van der Waals surface area (Å²) in [7, 11) is 0. The van der Waals surface area contributed by atoms with E-state index in [2.05, 4.69) is 4.74 Å². The first-order valence-electron chi connectivity index (χ1n) is 6.64. The van der Waals surface area contributed by atoms with Crippen LogP contribution in [0.3, 0.4) is 0 Å². The van der Waals surface area contributed by atoms with Gasteiger partial charge in [-0.25, -0.2) is 0 Å². The van der Waals surface area contributed by atoms with E-state index in [0.29, 0.717) is 6.42 Å².